The number of allylic oxidation sites excluding steroid dienone is 2. The van der Waals surface area contributed by atoms with Crippen molar-refractivity contribution in [1.29, 1.82) is 0 Å². The molecule has 3 aromatic heterocycles. The Kier molecular flexibility index (Phi) is 7.89. The Bertz CT molecular complexity index is 2100. The van der Waals surface area contributed by atoms with Crippen LogP contribution in [0, 0.1) is 19.8 Å². The van der Waals surface area contributed by atoms with E-state index in [2.05, 4.69) is 111 Å². The van der Waals surface area contributed by atoms with Gasteiger partial charge in [-0.3, -0.25) is 4.57 Å². The molecule has 3 heterocycles. The van der Waals surface area contributed by atoms with Gasteiger partial charge in [0.2, 0.25) is 0 Å². The maximum Gasteiger partial charge on any atom is 0.141 e. The third-order valence-electron chi connectivity index (χ3n) is 9.60. The fourth-order valence-electron chi connectivity index (χ4n) is 7.49. The van der Waals surface area contributed by atoms with E-state index in [-0.39, 0.29) is 0 Å². The van der Waals surface area contributed by atoms with E-state index in [1.54, 1.807) is 13.3 Å². The molecule has 234 valence electrons. The van der Waals surface area contributed by atoms with Gasteiger partial charge < -0.3 is 9.47 Å². The van der Waals surface area contributed by atoms with Crippen molar-refractivity contribution in [1.82, 2.24) is 19.3 Å². The lowest BCUT2D eigenvalue weighted by atomic mass is 9.75. The summed E-state index contributed by atoms with van der Waals surface area (Å²) in [7, 11) is 1.68. The molecule has 0 saturated heterocycles. The zero-order valence-corrected chi connectivity index (χ0v) is 27.7. The Labute approximate surface area is 271 Å². The highest BCUT2D eigenvalue weighted by Crippen LogP contribution is 2.42. The Morgan fingerprint density at radius 2 is 1.70 bits per heavy atom. The van der Waals surface area contributed by atoms with Crippen molar-refractivity contribution < 1.29 is 9.47 Å². The summed E-state index contributed by atoms with van der Waals surface area (Å²) in [6.45, 7) is 11.3. The Morgan fingerprint density at radius 3 is 2.50 bits per heavy atom. The van der Waals surface area contributed by atoms with Crippen LogP contribution in [-0.4, -0.2) is 26.4 Å². The molecule has 0 saturated carbocycles. The fourth-order valence-corrected chi connectivity index (χ4v) is 7.49. The minimum Gasteiger partial charge on any atom is -0.497 e. The van der Waals surface area contributed by atoms with Gasteiger partial charge in [0.05, 0.1) is 29.5 Å². The van der Waals surface area contributed by atoms with Gasteiger partial charge in [-0.2, -0.15) is 5.10 Å². The minimum absolute atomic E-state index is 0.412. The maximum absolute atomic E-state index is 6.69. The largest absolute Gasteiger partial charge is 0.497 e. The summed E-state index contributed by atoms with van der Waals surface area (Å²) in [6.07, 6.45) is 8.59. The molecular weight excluding hydrogens is 568 g/mol. The van der Waals surface area contributed by atoms with Crippen LogP contribution in [-0.2, 0) is 6.42 Å². The van der Waals surface area contributed by atoms with Gasteiger partial charge in [0, 0.05) is 52.3 Å². The van der Waals surface area contributed by atoms with Crippen molar-refractivity contribution >= 4 is 21.8 Å². The van der Waals surface area contributed by atoms with Gasteiger partial charge in [-0.05, 0) is 87.9 Å². The molecule has 0 spiro atoms. The number of methoxy groups -OCH3 is 1. The number of para-hydroxylation sites is 1. The second kappa shape index (κ2) is 12.2. The predicted octanol–water partition coefficient (Wildman–Crippen LogP) is 10.2. The number of pyridine rings is 1. The van der Waals surface area contributed by atoms with Crippen LogP contribution in [0.3, 0.4) is 0 Å². The summed E-state index contributed by atoms with van der Waals surface area (Å²) in [4.78, 5) is 4.71. The second-order valence-corrected chi connectivity index (χ2v) is 12.7. The smallest absolute Gasteiger partial charge is 0.141 e. The van der Waals surface area contributed by atoms with Crippen LogP contribution in [0.25, 0.3) is 33.3 Å². The van der Waals surface area contributed by atoms with Crippen molar-refractivity contribution in [2.75, 3.05) is 7.11 Å². The van der Waals surface area contributed by atoms with E-state index in [4.69, 9.17) is 19.6 Å². The molecule has 0 N–H and O–H groups in total. The van der Waals surface area contributed by atoms with Crippen molar-refractivity contribution in [3.63, 3.8) is 0 Å². The maximum atomic E-state index is 6.69. The van der Waals surface area contributed by atoms with E-state index < -0.39 is 0 Å². The van der Waals surface area contributed by atoms with Crippen LogP contribution in [0.15, 0.2) is 90.6 Å². The molecule has 6 nitrogen and oxygen atoms in total. The molecule has 1 unspecified atom stereocenters. The van der Waals surface area contributed by atoms with Gasteiger partial charge in [-0.25, -0.2) is 9.67 Å². The van der Waals surface area contributed by atoms with Crippen LogP contribution < -0.4 is 9.47 Å². The molecule has 0 aliphatic heterocycles. The van der Waals surface area contributed by atoms with Crippen LogP contribution in [0.5, 0.6) is 17.2 Å². The quantitative estimate of drug-likeness (QED) is 0.161. The Hall–Kier alpha value is -4.84. The van der Waals surface area contributed by atoms with Crippen LogP contribution >= 0.6 is 0 Å². The van der Waals surface area contributed by atoms with E-state index in [0.29, 0.717) is 11.8 Å². The molecule has 0 bridgehead atoms. The third-order valence-corrected chi connectivity index (χ3v) is 9.60. The molecule has 1 aliphatic carbocycles. The Balaban J connectivity index is 1.31. The van der Waals surface area contributed by atoms with E-state index >= 15 is 0 Å². The minimum atomic E-state index is 0.412. The normalized spacial score (nSPS) is 16.6. The van der Waals surface area contributed by atoms with Crippen molar-refractivity contribution in [3.05, 3.63) is 113 Å². The average Bonchev–Trinajstić information content (AvgIpc) is 3.54. The molecule has 0 radical (unpaired) electrons. The first kappa shape index (κ1) is 29.8. The number of hydrogen-bond donors (Lipinski definition) is 0. The number of benzene rings is 3. The van der Waals surface area contributed by atoms with Crippen molar-refractivity contribution in [3.8, 4) is 28.8 Å². The monoisotopic (exact) mass is 610 g/mol. The van der Waals surface area contributed by atoms with Gasteiger partial charge >= 0.3 is 0 Å². The van der Waals surface area contributed by atoms with Crippen LogP contribution in [0.4, 0.5) is 0 Å². The number of hydrogen-bond acceptors (Lipinski definition) is 4. The molecular formula is C40H42N4O2. The fraction of sp³-hybridized carbons (Fsp3) is 0.300. The number of aromatic nitrogens is 4. The molecule has 6 aromatic rings. The first-order valence-electron chi connectivity index (χ1n) is 16.4. The zero-order valence-electron chi connectivity index (χ0n) is 27.7. The SMILES string of the molecule is CCCc1cc(Oc2ccc3c4ccccc4n(-c4cc(OC)ccn4)c3c2)cc(-n2nc(C)c(C3C(C)=CCC[C@@H]3C)c2C)c1. The van der Waals surface area contributed by atoms with Gasteiger partial charge in [-0.15, -0.1) is 0 Å². The highest BCUT2D eigenvalue weighted by atomic mass is 16.5. The molecule has 2 atom stereocenters. The molecule has 6 heteroatoms. The van der Waals surface area contributed by atoms with Gasteiger partial charge in [0.1, 0.15) is 23.1 Å². The molecule has 0 amide bonds. The first-order valence-corrected chi connectivity index (χ1v) is 16.4. The lowest BCUT2D eigenvalue weighted by Gasteiger charge is -2.29. The van der Waals surface area contributed by atoms with Crippen LogP contribution in [0.2, 0.25) is 0 Å². The second-order valence-electron chi connectivity index (χ2n) is 12.7. The van der Waals surface area contributed by atoms with Crippen LogP contribution in [0.1, 0.15) is 68.5 Å². The summed E-state index contributed by atoms with van der Waals surface area (Å²) < 4.78 is 16.5. The number of aryl methyl sites for hydroxylation is 2. The summed E-state index contributed by atoms with van der Waals surface area (Å²) in [6, 6.07) is 25.1. The Morgan fingerprint density at radius 1 is 0.870 bits per heavy atom. The van der Waals surface area contributed by atoms with Gasteiger partial charge in [0.25, 0.3) is 0 Å². The number of ether oxygens (including phenoxy) is 2. The topological polar surface area (TPSA) is 54.1 Å². The average molecular weight is 611 g/mol. The lowest BCUT2D eigenvalue weighted by Crippen LogP contribution is -2.16. The highest BCUT2D eigenvalue weighted by molar-refractivity contribution is 6.09. The number of nitrogens with zero attached hydrogens (tertiary/aromatic N) is 4. The summed E-state index contributed by atoms with van der Waals surface area (Å²) in [5.74, 6) is 4.15. The van der Waals surface area contributed by atoms with Crippen molar-refractivity contribution in [2.24, 2.45) is 5.92 Å². The van der Waals surface area contributed by atoms with E-state index in [1.807, 2.05) is 12.1 Å². The predicted molar refractivity (Wildman–Crippen MR) is 187 cm³/mol. The molecule has 3 aromatic carbocycles. The van der Waals surface area contributed by atoms with Gasteiger partial charge in [0.15, 0.2) is 0 Å². The highest BCUT2D eigenvalue weighted by Gasteiger charge is 2.29. The molecule has 1 aliphatic rings. The molecule has 46 heavy (non-hydrogen) atoms. The van der Waals surface area contributed by atoms with Gasteiger partial charge in [-0.1, -0.05) is 50.1 Å². The third kappa shape index (κ3) is 5.26. The van der Waals surface area contributed by atoms with E-state index in [0.717, 1.165) is 70.1 Å². The zero-order chi connectivity index (χ0) is 31.9. The van der Waals surface area contributed by atoms with E-state index in [9.17, 15) is 0 Å². The number of fused-ring (bicyclic) bond motifs is 3. The number of rotatable bonds is 8. The summed E-state index contributed by atoms with van der Waals surface area (Å²) in [5.41, 5.74) is 9.53. The standard InChI is InChI=1S/C40H42N4O2/c1-7-11-29-20-30(44-28(5)40(27(4)42-44)39-25(2)12-10-13-26(39)3)22-33(21-29)46-32-16-17-35-34-14-8-9-15-36(34)43(37(35)23-32)38-24-31(45-6)18-19-41-38/h8-9,12,14-24,26,39H,7,10-11,13H2,1-6H3/t26-,39?/m0/s1. The van der Waals surface area contributed by atoms with Crippen molar-refractivity contribution in [2.45, 2.75) is 66.2 Å². The summed E-state index contributed by atoms with van der Waals surface area (Å²) >= 11 is 0. The van der Waals surface area contributed by atoms with E-state index in [1.165, 1.54) is 34.2 Å². The summed E-state index contributed by atoms with van der Waals surface area (Å²) in [5, 5.41) is 7.42. The first-order chi connectivity index (χ1) is 22.4. The molecule has 7 rings (SSSR count). The lowest BCUT2D eigenvalue weighted by molar-refractivity contribution is 0.414. The molecule has 0 fully saturated rings.